The molecule has 0 amide bonds. The molecule has 0 spiro atoms. The fourth-order valence-corrected chi connectivity index (χ4v) is 5.10. The fourth-order valence-electron chi connectivity index (χ4n) is 4.14. The van der Waals surface area contributed by atoms with Crippen LogP contribution in [0.5, 0.6) is 0 Å². The molecule has 0 radical (unpaired) electrons. The van der Waals surface area contributed by atoms with Crippen molar-refractivity contribution in [3.8, 4) is 0 Å². The third-order valence-electron chi connectivity index (χ3n) is 5.61. The molecule has 0 aromatic carbocycles. The lowest BCUT2D eigenvalue weighted by Crippen LogP contribution is -2.56. The highest BCUT2D eigenvalue weighted by Gasteiger charge is 2.37. The zero-order valence-electron chi connectivity index (χ0n) is 14.6. The quantitative estimate of drug-likeness (QED) is 0.835. The third kappa shape index (κ3) is 3.39. The molecule has 4 nitrogen and oxygen atoms in total. The lowest BCUT2D eigenvalue weighted by atomic mass is 9.83. The SMILES string of the molecule is Cc1nc(CN(Cc2cccnc2)[C@@H]2CN3CCC2CC3)sc1C. The zero-order valence-corrected chi connectivity index (χ0v) is 15.4. The van der Waals surface area contributed by atoms with Gasteiger partial charge in [0, 0.05) is 36.4 Å². The maximum atomic E-state index is 4.80. The molecule has 5 heteroatoms. The molecule has 2 bridgehead atoms. The van der Waals surface area contributed by atoms with E-state index >= 15 is 0 Å². The molecular formula is C19H26N4S. The first-order valence-corrected chi connectivity index (χ1v) is 9.79. The van der Waals surface area contributed by atoms with Gasteiger partial charge in [0.2, 0.25) is 0 Å². The first-order chi connectivity index (χ1) is 11.7. The van der Waals surface area contributed by atoms with Crippen molar-refractivity contribution in [3.05, 3.63) is 45.7 Å². The van der Waals surface area contributed by atoms with Crippen LogP contribution in [0.15, 0.2) is 24.5 Å². The van der Waals surface area contributed by atoms with Gasteiger partial charge in [-0.3, -0.25) is 9.88 Å². The first kappa shape index (κ1) is 16.2. The summed E-state index contributed by atoms with van der Waals surface area (Å²) in [6, 6.07) is 4.89. The molecule has 5 rings (SSSR count). The Morgan fingerprint density at radius 2 is 2.08 bits per heavy atom. The van der Waals surface area contributed by atoms with Crippen molar-refractivity contribution in [1.29, 1.82) is 0 Å². The van der Waals surface area contributed by atoms with Crippen LogP contribution < -0.4 is 0 Å². The molecular weight excluding hydrogens is 316 g/mol. The molecule has 2 aromatic heterocycles. The highest BCUT2D eigenvalue weighted by molar-refractivity contribution is 7.11. The van der Waals surface area contributed by atoms with Gasteiger partial charge in [-0.1, -0.05) is 6.07 Å². The second kappa shape index (κ2) is 6.90. The molecule has 3 aliphatic rings. The Hall–Kier alpha value is -1.30. The van der Waals surface area contributed by atoms with Crippen molar-refractivity contribution in [1.82, 2.24) is 19.8 Å². The maximum absolute atomic E-state index is 4.80. The van der Waals surface area contributed by atoms with E-state index in [1.807, 2.05) is 29.8 Å². The van der Waals surface area contributed by atoms with E-state index in [1.54, 1.807) is 0 Å². The van der Waals surface area contributed by atoms with Crippen LogP contribution in [0.1, 0.15) is 34.0 Å². The summed E-state index contributed by atoms with van der Waals surface area (Å²) in [7, 11) is 0. The monoisotopic (exact) mass is 342 g/mol. The lowest BCUT2D eigenvalue weighted by Gasteiger charge is -2.49. The van der Waals surface area contributed by atoms with E-state index in [9.17, 15) is 0 Å². The van der Waals surface area contributed by atoms with E-state index in [4.69, 9.17) is 4.98 Å². The van der Waals surface area contributed by atoms with Crippen LogP contribution in [0.25, 0.3) is 0 Å². The minimum Gasteiger partial charge on any atom is -0.302 e. The van der Waals surface area contributed by atoms with E-state index in [-0.39, 0.29) is 0 Å². The van der Waals surface area contributed by atoms with Crippen LogP contribution in [0, 0.1) is 19.8 Å². The summed E-state index contributed by atoms with van der Waals surface area (Å²) in [6.45, 7) is 10.0. The highest BCUT2D eigenvalue weighted by Crippen LogP contribution is 2.33. The molecule has 128 valence electrons. The predicted octanol–water partition coefficient (Wildman–Crippen LogP) is 3.25. The second-order valence-corrected chi connectivity index (χ2v) is 8.51. The van der Waals surface area contributed by atoms with Crippen molar-refractivity contribution in [2.24, 2.45) is 5.92 Å². The Balaban J connectivity index is 1.56. The van der Waals surface area contributed by atoms with Crippen LogP contribution in [-0.4, -0.2) is 45.4 Å². The maximum Gasteiger partial charge on any atom is 0.107 e. The average molecular weight is 343 g/mol. The standard InChI is InChI=1S/C19H26N4S/c1-14-15(2)24-19(21-14)13-23(11-16-4-3-7-20-10-16)18-12-22-8-5-17(18)6-9-22/h3-4,7,10,17-18H,5-6,8-9,11-13H2,1-2H3/t18-/m1/s1. The highest BCUT2D eigenvalue weighted by atomic mass is 32.1. The van der Waals surface area contributed by atoms with Gasteiger partial charge in [0.1, 0.15) is 5.01 Å². The Bertz CT molecular complexity index is 656. The van der Waals surface area contributed by atoms with Crippen LogP contribution in [0.4, 0.5) is 0 Å². The Labute approximate surface area is 148 Å². The zero-order chi connectivity index (χ0) is 16.5. The van der Waals surface area contributed by atoms with E-state index < -0.39 is 0 Å². The normalized spacial score (nSPS) is 26.2. The van der Waals surface area contributed by atoms with Gasteiger partial charge in [-0.05, 0) is 57.3 Å². The summed E-state index contributed by atoms with van der Waals surface area (Å²) >= 11 is 1.86. The molecule has 24 heavy (non-hydrogen) atoms. The number of aromatic nitrogens is 2. The Morgan fingerprint density at radius 3 is 2.67 bits per heavy atom. The van der Waals surface area contributed by atoms with Gasteiger partial charge in [-0.25, -0.2) is 4.98 Å². The number of piperidine rings is 3. The van der Waals surface area contributed by atoms with E-state index in [1.165, 1.54) is 53.6 Å². The van der Waals surface area contributed by atoms with Gasteiger partial charge in [0.05, 0.1) is 12.2 Å². The molecule has 3 aliphatic heterocycles. The number of aryl methyl sites for hydroxylation is 2. The third-order valence-corrected chi connectivity index (χ3v) is 6.67. The number of pyridine rings is 1. The molecule has 0 N–H and O–H groups in total. The molecule has 5 heterocycles. The van der Waals surface area contributed by atoms with Gasteiger partial charge < -0.3 is 4.90 Å². The van der Waals surface area contributed by atoms with Gasteiger partial charge in [-0.15, -0.1) is 11.3 Å². The number of rotatable bonds is 5. The van der Waals surface area contributed by atoms with Crippen LogP contribution >= 0.6 is 11.3 Å². The smallest absolute Gasteiger partial charge is 0.107 e. The largest absolute Gasteiger partial charge is 0.302 e. The number of hydrogen-bond acceptors (Lipinski definition) is 5. The van der Waals surface area contributed by atoms with Crippen molar-refractivity contribution < 1.29 is 0 Å². The summed E-state index contributed by atoms with van der Waals surface area (Å²) in [5.41, 5.74) is 2.49. The molecule has 0 saturated carbocycles. The second-order valence-electron chi connectivity index (χ2n) is 7.22. The molecule has 3 saturated heterocycles. The van der Waals surface area contributed by atoms with Gasteiger partial charge in [-0.2, -0.15) is 0 Å². The molecule has 1 atom stereocenters. The average Bonchev–Trinajstić information content (AvgIpc) is 2.94. The summed E-state index contributed by atoms with van der Waals surface area (Å²) < 4.78 is 0. The van der Waals surface area contributed by atoms with Crippen molar-refractivity contribution in [2.75, 3.05) is 19.6 Å². The topological polar surface area (TPSA) is 32.3 Å². The molecule has 0 unspecified atom stereocenters. The predicted molar refractivity (Wildman–Crippen MR) is 98.0 cm³/mol. The summed E-state index contributed by atoms with van der Waals surface area (Å²) in [6.07, 6.45) is 6.57. The van der Waals surface area contributed by atoms with Gasteiger partial charge >= 0.3 is 0 Å². The summed E-state index contributed by atoms with van der Waals surface area (Å²) in [5, 5.41) is 1.25. The van der Waals surface area contributed by atoms with Crippen molar-refractivity contribution >= 4 is 11.3 Å². The minimum absolute atomic E-state index is 0.650. The van der Waals surface area contributed by atoms with Crippen molar-refractivity contribution in [2.45, 2.75) is 45.8 Å². The minimum atomic E-state index is 0.650. The van der Waals surface area contributed by atoms with E-state index in [0.717, 1.165) is 19.0 Å². The first-order valence-electron chi connectivity index (χ1n) is 8.97. The Morgan fingerprint density at radius 1 is 1.25 bits per heavy atom. The molecule has 2 aromatic rings. The number of hydrogen-bond donors (Lipinski definition) is 0. The van der Waals surface area contributed by atoms with Crippen molar-refractivity contribution in [3.63, 3.8) is 0 Å². The molecule has 3 fully saturated rings. The van der Waals surface area contributed by atoms with Crippen LogP contribution in [0.3, 0.4) is 0 Å². The summed E-state index contributed by atoms with van der Waals surface area (Å²) in [4.78, 5) is 15.7. The fraction of sp³-hybridized carbons (Fsp3) is 0.579. The van der Waals surface area contributed by atoms with Crippen LogP contribution in [0.2, 0.25) is 0 Å². The number of fused-ring (bicyclic) bond motifs is 3. The Kier molecular flexibility index (Phi) is 4.66. The lowest BCUT2D eigenvalue weighted by molar-refractivity contribution is -0.00267. The number of thiazole rings is 1. The number of nitrogens with zero attached hydrogens (tertiary/aromatic N) is 4. The van der Waals surface area contributed by atoms with Gasteiger partial charge in [0.15, 0.2) is 0 Å². The molecule has 0 aliphatic carbocycles. The van der Waals surface area contributed by atoms with Gasteiger partial charge in [0.25, 0.3) is 0 Å². The van der Waals surface area contributed by atoms with E-state index in [2.05, 4.69) is 34.7 Å². The van der Waals surface area contributed by atoms with E-state index in [0.29, 0.717) is 6.04 Å². The summed E-state index contributed by atoms with van der Waals surface area (Å²) in [5.74, 6) is 0.842. The van der Waals surface area contributed by atoms with Crippen LogP contribution in [-0.2, 0) is 13.1 Å².